The number of carbonyl (C=O) groups excluding carboxylic acids is 1. The van der Waals surface area contributed by atoms with Crippen molar-refractivity contribution >= 4 is 5.91 Å². The molecule has 1 aromatic carbocycles. The fraction of sp³-hybridized carbons (Fsp3) is 0.444. The first-order valence-corrected chi connectivity index (χ1v) is 8.01. The highest BCUT2D eigenvalue weighted by molar-refractivity contribution is 5.77. The third-order valence-corrected chi connectivity index (χ3v) is 4.18. The lowest BCUT2D eigenvalue weighted by atomic mass is 9.98. The first kappa shape index (κ1) is 15.7. The predicted molar refractivity (Wildman–Crippen MR) is 86.2 cm³/mol. The number of methoxy groups -OCH3 is 1. The number of likely N-dealkylation sites (tertiary alicyclic amines) is 1. The summed E-state index contributed by atoms with van der Waals surface area (Å²) in [6.45, 7) is 1.58. The van der Waals surface area contributed by atoms with Crippen molar-refractivity contribution in [3.8, 4) is 0 Å². The van der Waals surface area contributed by atoms with Gasteiger partial charge in [0.1, 0.15) is 12.4 Å². The van der Waals surface area contributed by atoms with Gasteiger partial charge in [-0.05, 0) is 18.4 Å². The predicted octanol–water partition coefficient (Wildman–Crippen LogP) is 2.62. The molecular formula is C18H22N2O3. The third-order valence-electron chi connectivity index (χ3n) is 4.18. The molecule has 122 valence electrons. The Morgan fingerprint density at radius 3 is 3.00 bits per heavy atom. The van der Waals surface area contributed by atoms with Gasteiger partial charge in [0.2, 0.25) is 5.91 Å². The lowest BCUT2D eigenvalue weighted by Crippen LogP contribution is -2.40. The molecule has 1 saturated heterocycles. The number of ether oxygens (including phenoxy) is 1. The van der Waals surface area contributed by atoms with Gasteiger partial charge in [0.05, 0.1) is 12.1 Å². The van der Waals surface area contributed by atoms with E-state index in [1.165, 1.54) is 5.56 Å². The van der Waals surface area contributed by atoms with Crippen LogP contribution in [-0.4, -0.2) is 42.6 Å². The van der Waals surface area contributed by atoms with Crippen LogP contribution in [-0.2, 0) is 16.0 Å². The van der Waals surface area contributed by atoms with Crippen LogP contribution in [0.3, 0.4) is 0 Å². The number of carbonyl (C=O) groups is 1. The molecule has 1 aliphatic rings. The topological polar surface area (TPSA) is 55.6 Å². The first-order chi connectivity index (χ1) is 11.3. The monoisotopic (exact) mass is 314 g/mol. The van der Waals surface area contributed by atoms with E-state index >= 15 is 0 Å². The van der Waals surface area contributed by atoms with Gasteiger partial charge in [0.25, 0.3) is 0 Å². The van der Waals surface area contributed by atoms with Gasteiger partial charge < -0.3 is 14.1 Å². The second-order valence-electron chi connectivity index (χ2n) is 5.94. The second-order valence-corrected chi connectivity index (χ2v) is 5.94. The van der Waals surface area contributed by atoms with Crippen molar-refractivity contribution in [1.82, 2.24) is 9.88 Å². The van der Waals surface area contributed by atoms with Crippen LogP contribution in [0.2, 0.25) is 0 Å². The molecule has 5 heteroatoms. The highest BCUT2D eigenvalue weighted by Gasteiger charge is 2.27. The van der Waals surface area contributed by atoms with E-state index < -0.39 is 0 Å². The summed E-state index contributed by atoms with van der Waals surface area (Å²) in [4.78, 5) is 18.3. The van der Waals surface area contributed by atoms with Crippen molar-refractivity contribution < 1.29 is 13.9 Å². The number of amides is 1. The maximum absolute atomic E-state index is 12.0. The van der Waals surface area contributed by atoms with Gasteiger partial charge in [-0.2, -0.15) is 0 Å². The van der Waals surface area contributed by atoms with Gasteiger partial charge in [0, 0.05) is 26.6 Å². The summed E-state index contributed by atoms with van der Waals surface area (Å²) in [5, 5.41) is 0. The van der Waals surface area contributed by atoms with Crippen LogP contribution in [0.1, 0.15) is 36.0 Å². The Bertz CT molecular complexity index is 639. The highest BCUT2D eigenvalue weighted by atomic mass is 16.5. The average molecular weight is 314 g/mol. The minimum atomic E-state index is 0.0354. The molecular weight excluding hydrogens is 292 g/mol. The Hall–Kier alpha value is -2.14. The molecule has 0 N–H and O–H groups in total. The van der Waals surface area contributed by atoms with Gasteiger partial charge in [-0.25, -0.2) is 4.98 Å². The maximum Gasteiger partial charge on any atom is 0.248 e. The van der Waals surface area contributed by atoms with E-state index in [1.807, 2.05) is 23.1 Å². The molecule has 1 aliphatic heterocycles. The van der Waals surface area contributed by atoms with Crippen molar-refractivity contribution in [2.75, 3.05) is 26.8 Å². The Morgan fingerprint density at radius 2 is 2.22 bits per heavy atom. The number of oxazole rings is 1. The van der Waals surface area contributed by atoms with Crippen LogP contribution in [0.15, 0.2) is 40.9 Å². The molecule has 2 heterocycles. The molecule has 23 heavy (non-hydrogen) atoms. The van der Waals surface area contributed by atoms with Gasteiger partial charge in [-0.1, -0.05) is 30.3 Å². The number of hydrogen-bond acceptors (Lipinski definition) is 4. The zero-order valence-corrected chi connectivity index (χ0v) is 13.4. The van der Waals surface area contributed by atoms with Crippen molar-refractivity contribution in [2.45, 2.75) is 25.2 Å². The number of nitrogens with zero attached hydrogens (tertiary/aromatic N) is 2. The maximum atomic E-state index is 12.0. The molecule has 5 nitrogen and oxygen atoms in total. The molecule has 0 spiro atoms. The average Bonchev–Trinajstić information content (AvgIpc) is 3.05. The SMILES string of the molecule is COCC(=O)N1CCC[C@H](c2ncc(Cc3ccccc3)o2)C1. The van der Waals surface area contributed by atoms with Gasteiger partial charge >= 0.3 is 0 Å². The molecule has 1 amide bonds. The van der Waals surface area contributed by atoms with E-state index in [1.54, 1.807) is 13.3 Å². The van der Waals surface area contributed by atoms with E-state index in [0.29, 0.717) is 6.54 Å². The second kappa shape index (κ2) is 7.42. The summed E-state index contributed by atoms with van der Waals surface area (Å²) in [7, 11) is 1.54. The lowest BCUT2D eigenvalue weighted by Gasteiger charge is -2.31. The smallest absolute Gasteiger partial charge is 0.248 e. The Balaban J connectivity index is 1.64. The van der Waals surface area contributed by atoms with E-state index in [9.17, 15) is 4.79 Å². The fourth-order valence-corrected chi connectivity index (χ4v) is 3.01. The van der Waals surface area contributed by atoms with Crippen LogP contribution in [0.5, 0.6) is 0 Å². The molecule has 0 saturated carbocycles. The quantitative estimate of drug-likeness (QED) is 0.851. The molecule has 0 bridgehead atoms. The third kappa shape index (κ3) is 3.99. The Kier molecular flexibility index (Phi) is 5.08. The van der Waals surface area contributed by atoms with E-state index in [-0.39, 0.29) is 18.4 Å². The summed E-state index contributed by atoms with van der Waals surface area (Å²) in [5.41, 5.74) is 1.20. The minimum absolute atomic E-state index is 0.0354. The number of hydrogen-bond donors (Lipinski definition) is 0. The van der Waals surface area contributed by atoms with E-state index in [0.717, 1.165) is 37.5 Å². The van der Waals surface area contributed by atoms with E-state index in [2.05, 4.69) is 17.1 Å². The molecule has 0 unspecified atom stereocenters. The normalized spacial score (nSPS) is 18.1. The zero-order chi connectivity index (χ0) is 16.1. The number of aromatic nitrogens is 1. The standard InChI is InChI=1S/C18H22N2O3/c1-22-13-17(21)20-9-5-8-15(12-20)18-19-11-16(23-18)10-14-6-3-2-4-7-14/h2-4,6-7,11,15H,5,8-10,12-13H2,1H3/t15-/m0/s1. The summed E-state index contributed by atoms with van der Waals surface area (Å²) in [5.74, 6) is 1.82. The Labute approximate surface area is 136 Å². The zero-order valence-electron chi connectivity index (χ0n) is 13.4. The first-order valence-electron chi connectivity index (χ1n) is 8.01. The van der Waals surface area contributed by atoms with Crippen molar-refractivity contribution in [3.63, 3.8) is 0 Å². The number of rotatable bonds is 5. The number of piperidine rings is 1. The molecule has 1 fully saturated rings. The number of benzene rings is 1. The largest absolute Gasteiger partial charge is 0.445 e. The molecule has 0 aliphatic carbocycles. The minimum Gasteiger partial charge on any atom is -0.445 e. The van der Waals surface area contributed by atoms with Crippen LogP contribution >= 0.6 is 0 Å². The summed E-state index contributed by atoms with van der Waals surface area (Å²) >= 11 is 0. The van der Waals surface area contributed by atoms with Crippen molar-refractivity contribution in [1.29, 1.82) is 0 Å². The van der Waals surface area contributed by atoms with Gasteiger partial charge in [-0.3, -0.25) is 4.79 Å². The van der Waals surface area contributed by atoms with E-state index in [4.69, 9.17) is 9.15 Å². The van der Waals surface area contributed by atoms with Crippen molar-refractivity contribution in [2.24, 2.45) is 0 Å². The molecule has 3 rings (SSSR count). The fourth-order valence-electron chi connectivity index (χ4n) is 3.01. The van der Waals surface area contributed by atoms with Crippen LogP contribution in [0.25, 0.3) is 0 Å². The van der Waals surface area contributed by atoms with Gasteiger partial charge in [0.15, 0.2) is 5.89 Å². The van der Waals surface area contributed by atoms with Gasteiger partial charge in [-0.15, -0.1) is 0 Å². The molecule has 2 aromatic rings. The van der Waals surface area contributed by atoms with Crippen molar-refractivity contribution in [3.05, 3.63) is 53.7 Å². The Morgan fingerprint density at radius 1 is 1.39 bits per heavy atom. The molecule has 0 radical (unpaired) electrons. The highest BCUT2D eigenvalue weighted by Crippen LogP contribution is 2.27. The summed E-state index contributed by atoms with van der Waals surface area (Å²) in [6, 6.07) is 10.2. The molecule has 1 aromatic heterocycles. The van der Waals surface area contributed by atoms with Crippen LogP contribution < -0.4 is 0 Å². The summed E-state index contributed by atoms with van der Waals surface area (Å²) < 4.78 is 10.9. The summed E-state index contributed by atoms with van der Waals surface area (Å²) in [6.07, 6.45) is 4.52. The van der Waals surface area contributed by atoms with Crippen LogP contribution in [0.4, 0.5) is 0 Å². The van der Waals surface area contributed by atoms with Crippen LogP contribution in [0, 0.1) is 0 Å². The molecule has 1 atom stereocenters. The lowest BCUT2D eigenvalue weighted by molar-refractivity contribution is -0.136.